The topological polar surface area (TPSA) is 12.0 Å². The zero-order chi connectivity index (χ0) is 10.8. The number of benzene rings is 1. The van der Waals surface area contributed by atoms with E-state index in [0.29, 0.717) is 6.04 Å². The number of hydrogen-bond donors (Lipinski definition) is 1. The molecule has 2 heterocycles. The Balaban J connectivity index is 1.69. The van der Waals surface area contributed by atoms with E-state index in [2.05, 4.69) is 46.4 Å². The van der Waals surface area contributed by atoms with Gasteiger partial charge in [-0.3, -0.25) is 0 Å². The molecule has 1 aliphatic rings. The van der Waals surface area contributed by atoms with Crippen molar-refractivity contribution in [3.63, 3.8) is 0 Å². The van der Waals surface area contributed by atoms with Crippen LogP contribution in [0.5, 0.6) is 0 Å². The Morgan fingerprint density at radius 1 is 1.25 bits per heavy atom. The minimum atomic E-state index is 0.552. The smallest absolute Gasteiger partial charge is 0.0329 e. The van der Waals surface area contributed by atoms with Crippen molar-refractivity contribution in [2.45, 2.75) is 25.4 Å². The fraction of sp³-hybridized carbons (Fsp3) is 0.286. The Labute approximate surface area is 100 Å². The van der Waals surface area contributed by atoms with Gasteiger partial charge in [-0.1, -0.05) is 24.3 Å². The van der Waals surface area contributed by atoms with Gasteiger partial charge in [-0.25, -0.2) is 0 Å². The first-order chi connectivity index (χ1) is 7.93. The van der Waals surface area contributed by atoms with Crippen molar-refractivity contribution in [2.24, 2.45) is 0 Å². The van der Waals surface area contributed by atoms with Crippen molar-refractivity contribution in [2.75, 3.05) is 0 Å². The number of rotatable bonds is 3. The Hall–Kier alpha value is -1.12. The van der Waals surface area contributed by atoms with Gasteiger partial charge in [0.15, 0.2) is 0 Å². The van der Waals surface area contributed by atoms with Crippen LogP contribution >= 0.6 is 11.3 Å². The fourth-order valence-electron chi connectivity index (χ4n) is 2.38. The zero-order valence-electron chi connectivity index (χ0n) is 9.15. The number of thiophene rings is 1. The molecule has 1 aromatic heterocycles. The molecule has 1 unspecified atom stereocenters. The van der Waals surface area contributed by atoms with Crippen LogP contribution in [0.15, 0.2) is 41.1 Å². The normalized spacial score (nSPS) is 18.6. The third-order valence-electron chi connectivity index (χ3n) is 3.27. The first-order valence-corrected chi connectivity index (χ1v) is 6.70. The lowest BCUT2D eigenvalue weighted by Gasteiger charge is -2.11. The van der Waals surface area contributed by atoms with Crippen molar-refractivity contribution < 1.29 is 0 Å². The summed E-state index contributed by atoms with van der Waals surface area (Å²) in [5.41, 5.74) is 4.44. The van der Waals surface area contributed by atoms with Gasteiger partial charge in [0.1, 0.15) is 0 Å². The van der Waals surface area contributed by atoms with Gasteiger partial charge in [-0.15, -0.1) is 0 Å². The van der Waals surface area contributed by atoms with Gasteiger partial charge in [0.25, 0.3) is 0 Å². The molecular weight excluding hydrogens is 214 g/mol. The molecule has 1 N–H and O–H groups in total. The molecule has 16 heavy (non-hydrogen) atoms. The van der Waals surface area contributed by atoms with E-state index < -0.39 is 0 Å². The molecule has 0 bridgehead atoms. The van der Waals surface area contributed by atoms with Crippen LogP contribution in [-0.2, 0) is 13.0 Å². The standard InChI is InChI=1S/C14H15NS/c1-2-4-13-12(3-1)9-15-14(13)6-5-11-7-8-16-10-11/h1-4,7-8,10,14-15H,5-6,9H2. The van der Waals surface area contributed by atoms with Crippen LogP contribution in [0.4, 0.5) is 0 Å². The Kier molecular flexibility index (Phi) is 2.77. The van der Waals surface area contributed by atoms with Crippen LogP contribution in [0.1, 0.15) is 29.2 Å². The van der Waals surface area contributed by atoms with Gasteiger partial charge < -0.3 is 5.32 Å². The number of nitrogens with one attached hydrogen (secondary N) is 1. The fourth-order valence-corrected chi connectivity index (χ4v) is 3.08. The summed E-state index contributed by atoms with van der Waals surface area (Å²) in [6, 6.07) is 11.5. The summed E-state index contributed by atoms with van der Waals surface area (Å²) in [6.07, 6.45) is 2.38. The molecule has 2 aromatic rings. The maximum atomic E-state index is 3.59. The minimum absolute atomic E-state index is 0.552. The second kappa shape index (κ2) is 4.40. The third kappa shape index (κ3) is 1.91. The maximum absolute atomic E-state index is 3.59. The highest BCUT2D eigenvalue weighted by molar-refractivity contribution is 7.07. The third-order valence-corrected chi connectivity index (χ3v) is 4.00. The van der Waals surface area contributed by atoms with Gasteiger partial charge in [0.05, 0.1) is 0 Å². The monoisotopic (exact) mass is 229 g/mol. The first-order valence-electron chi connectivity index (χ1n) is 5.76. The molecule has 1 aromatic carbocycles. The predicted octanol–water partition coefficient (Wildman–Crippen LogP) is 3.53. The average Bonchev–Trinajstić information content (AvgIpc) is 2.96. The van der Waals surface area contributed by atoms with Gasteiger partial charge in [-0.05, 0) is 46.4 Å². The highest BCUT2D eigenvalue weighted by Crippen LogP contribution is 2.28. The van der Waals surface area contributed by atoms with Gasteiger partial charge in [0, 0.05) is 12.6 Å². The highest BCUT2D eigenvalue weighted by atomic mass is 32.1. The van der Waals surface area contributed by atoms with Crippen molar-refractivity contribution >= 4 is 11.3 Å². The minimum Gasteiger partial charge on any atom is -0.306 e. The van der Waals surface area contributed by atoms with E-state index in [-0.39, 0.29) is 0 Å². The Morgan fingerprint density at radius 3 is 3.06 bits per heavy atom. The van der Waals surface area contributed by atoms with E-state index in [9.17, 15) is 0 Å². The molecule has 0 saturated carbocycles. The number of hydrogen-bond acceptors (Lipinski definition) is 2. The van der Waals surface area contributed by atoms with Crippen LogP contribution < -0.4 is 5.32 Å². The number of aryl methyl sites for hydroxylation is 1. The molecule has 1 aliphatic heterocycles. The molecule has 0 aliphatic carbocycles. The molecule has 2 heteroatoms. The summed E-state index contributed by atoms with van der Waals surface area (Å²) in [5.74, 6) is 0. The molecular formula is C14H15NS. The number of fused-ring (bicyclic) bond motifs is 1. The lowest BCUT2D eigenvalue weighted by molar-refractivity contribution is 0.543. The van der Waals surface area contributed by atoms with Crippen LogP contribution in [-0.4, -0.2) is 0 Å². The average molecular weight is 229 g/mol. The van der Waals surface area contributed by atoms with Crippen molar-refractivity contribution in [3.8, 4) is 0 Å². The summed E-state index contributed by atoms with van der Waals surface area (Å²) in [6.45, 7) is 1.03. The van der Waals surface area contributed by atoms with Gasteiger partial charge in [0.2, 0.25) is 0 Å². The van der Waals surface area contributed by atoms with E-state index in [4.69, 9.17) is 0 Å². The molecule has 1 atom stereocenters. The Morgan fingerprint density at radius 2 is 2.19 bits per heavy atom. The molecule has 1 nitrogen and oxygen atoms in total. The van der Waals surface area contributed by atoms with E-state index in [0.717, 1.165) is 6.54 Å². The van der Waals surface area contributed by atoms with Crippen LogP contribution in [0.2, 0.25) is 0 Å². The molecule has 0 amide bonds. The second-order valence-electron chi connectivity index (χ2n) is 4.30. The van der Waals surface area contributed by atoms with Crippen LogP contribution in [0, 0.1) is 0 Å². The molecule has 0 spiro atoms. The van der Waals surface area contributed by atoms with Gasteiger partial charge in [-0.2, -0.15) is 11.3 Å². The molecule has 0 saturated heterocycles. The SMILES string of the molecule is c1ccc2c(c1)CNC2CCc1ccsc1. The summed E-state index contributed by atoms with van der Waals surface area (Å²) in [5, 5.41) is 8.00. The Bertz CT molecular complexity index is 461. The summed E-state index contributed by atoms with van der Waals surface area (Å²) in [4.78, 5) is 0. The maximum Gasteiger partial charge on any atom is 0.0329 e. The largest absolute Gasteiger partial charge is 0.306 e. The van der Waals surface area contributed by atoms with Crippen molar-refractivity contribution in [1.82, 2.24) is 5.32 Å². The van der Waals surface area contributed by atoms with Crippen LogP contribution in [0.25, 0.3) is 0 Å². The lowest BCUT2D eigenvalue weighted by atomic mass is 10.00. The predicted molar refractivity (Wildman–Crippen MR) is 68.7 cm³/mol. The summed E-state index contributed by atoms with van der Waals surface area (Å²) >= 11 is 1.79. The van der Waals surface area contributed by atoms with Crippen molar-refractivity contribution in [1.29, 1.82) is 0 Å². The van der Waals surface area contributed by atoms with Gasteiger partial charge >= 0.3 is 0 Å². The van der Waals surface area contributed by atoms with Crippen molar-refractivity contribution in [3.05, 3.63) is 57.8 Å². The quantitative estimate of drug-likeness (QED) is 0.849. The lowest BCUT2D eigenvalue weighted by Crippen LogP contribution is -2.12. The zero-order valence-corrected chi connectivity index (χ0v) is 9.96. The molecule has 82 valence electrons. The molecule has 0 radical (unpaired) electrons. The summed E-state index contributed by atoms with van der Waals surface area (Å²) < 4.78 is 0. The van der Waals surface area contributed by atoms with E-state index >= 15 is 0 Å². The van der Waals surface area contributed by atoms with E-state index in [1.165, 1.54) is 29.5 Å². The van der Waals surface area contributed by atoms with E-state index in [1.54, 1.807) is 11.3 Å². The molecule has 3 rings (SSSR count). The first kappa shape index (κ1) is 10.1. The molecule has 0 fully saturated rings. The highest BCUT2D eigenvalue weighted by Gasteiger charge is 2.20. The summed E-state index contributed by atoms with van der Waals surface area (Å²) in [7, 11) is 0. The van der Waals surface area contributed by atoms with Crippen LogP contribution in [0.3, 0.4) is 0 Å². The van der Waals surface area contributed by atoms with E-state index in [1.807, 2.05) is 0 Å². The second-order valence-corrected chi connectivity index (χ2v) is 5.08.